The summed E-state index contributed by atoms with van der Waals surface area (Å²) in [5.74, 6) is -0.294. The molecule has 5 nitrogen and oxygen atoms in total. The quantitative estimate of drug-likeness (QED) is 0.773. The first-order valence-electron chi connectivity index (χ1n) is 6.42. The van der Waals surface area contributed by atoms with Gasteiger partial charge in [-0.2, -0.15) is 0 Å². The first kappa shape index (κ1) is 15.9. The van der Waals surface area contributed by atoms with Crippen LogP contribution in [-0.4, -0.2) is 29.8 Å². The minimum atomic E-state index is -0.619. The maximum atomic E-state index is 11.9. The average molecular weight is 275 g/mol. The summed E-state index contributed by atoms with van der Waals surface area (Å²) in [5, 5.41) is 2.79. The Morgan fingerprint density at radius 3 is 2.70 bits per heavy atom. The van der Waals surface area contributed by atoms with Gasteiger partial charge in [0.05, 0.1) is 6.04 Å². The highest BCUT2D eigenvalue weighted by Crippen LogP contribution is 2.17. The van der Waals surface area contributed by atoms with Crippen LogP contribution >= 0.6 is 0 Å². The first-order valence-corrected chi connectivity index (χ1v) is 6.42. The number of nitrogens with one attached hydrogen (secondary N) is 1. The molecule has 1 unspecified atom stereocenters. The Bertz CT molecular complexity index is 500. The number of anilines is 1. The van der Waals surface area contributed by atoms with Crippen molar-refractivity contribution >= 4 is 17.5 Å². The largest absolute Gasteiger partial charge is 0.342 e. The minimum Gasteiger partial charge on any atom is -0.342 e. The molecule has 1 atom stereocenters. The van der Waals surface area contributed by atoms with Gasteiger partial charge in [-0.1, -0.05) is 24.3 Å². The van der Waals surface area contributed by atoms with E-state index in [0.717, 1.165) is 5.56 Å². The molecule has 0 saturated heterocycles. The zero-order valence-electron chi connectivity index (χ0n) is 11.9. The second-order valence-electron chi connectivity index (χ2n) is 4.65. The van der Waals surface area contributed by atoms with Crippen LogP contribution in [-0.2, 0) is 16.1 Å². The molecule has 0 bridgehead atoms. The van der Waals surface area contributed by atoms with E-state index in [1.54, 1.807) is 24.1 Å². The number of nitrogens with zero attached hydrogens (tertiary/aromatic N) is 1. The molecular formula is C15H21N3O2. The number of carbonyl (C=O) groups excluding carboxylic acids is 2. The fraction of sp³-hybridized carbons (Fsp3) is 0.333. The predicted octanol–water partition coefficient (Wildman–Crippen LogP) is 1.51. The molecule has 1 aromatic carbocycles. The number of amides is 2. The minimum absolute atomic E-state index is 0.0329. The molecule has 3 N–H and O–H groups in total. The lowest BCUT2D eigenvalue weighted by atomic mass is 10.1. The first-order chi connectivity index (χ1) is 9.45. The molecule has 0 saturated carbocycles. The van der Waals surface area contributed by atoms with Crippen molar-refractivity contribution < 1.29 is 9.59 Å². The molecule has 0 radical (unpaired) electrons. The Morgan fingerprint density at radius 2 is 2.10 bits per heavy atom. The molecule has 0 fully saturated rings. The van der Waals surface area contributed by atoms with Crippen molar-refractivity contribution in [1.29, 1.82) is 0 Å². The zero-order valence-corrected chi connectivity index (χ0v) is 11.9. The number of benzene rings is 1. The van der Waals surface area contributed by atoms with Crippen molar-refractivity contribution in [2.45, 2.75) is 25.9 Å². The smallest absolute Gasteiger partial charge is 0.241 e. The van der Waals surface area contributed by atoms with Gasteiger partial charge in [0.2, 0.25) is 11.8 Å². The number of nitrogens with two attached hydrogens (primary N) is 1. The van der Waals surface area contributed by atoms with E-state index in [1.807, 2.05) is 18.2 Å². The Hall–Kier alpha value is -2.14. The van der Waals surface area contributed by atoms with Gasteiger partial charge in [0, 0.05) is 26.2 Å². The van der Waals surface area contributed by atoms with Crippen LogP contribution in [0.1, 0.15) is 18.9 Å². The summed E-state index contributed by atoms with van der Waals surface area (Å²) in [6, 6.07) is 6.73. The van der Waals surface area contributed by atoms with Gasteiger partial charge >= 0.3 is 0 Å². The molecule has 20 heavy (non-hydrogen) atoms. The topological polar surface area (TPSA) is 75.4 Å². The van der Waals surface area contributed by atoms with Crippen LogP contribution in [0.15, 0.2) is 36.9 Å². The molecule has 5 heteroatoms. The maximum absolute atomic E-state index is 11.9. The van der Waals surface area contributed by atoms with Gasteiger partial charge < -0.3 is 16.0 Å². The van der Waals surface area contributed by atoms with E-state index < -0.39 is 6.04 Å². The molecule has 108 valence electrons. The molecule has 0 aliphatic heterocycles. The van der Waals surface area contributed by atoms with E-state index in [9.17, 15) is 9.59 Å². The van der Waals surface area contributed by atoms with Crippen LogP contribution in [0, 0.1) is 0 Å². The normalized spacial score (nSPS) is 11.6. The van der Waals surface area contributed by atoms with E-state index in [4.69, 9.17) is 5.73 Å². The lowest BCUT2D eigenvalue weighted by Crippen LogP contribution is -2.35. The van der Waals surface area contributed by atoms with Gasteiger partial charge in [0.1, 0.15) is 0 Å². The summed E-state index contributed by atoms with van der Waals surface area (Å²) in [4.78, 5) is 24.8. The Kier molecular flexibility index (Phi) is 5.93. The predicted molar refractivity (Wildman–Crippen MR) is 80.0 cm³/mol. The summed E-state index contributed by atoms with van der Waals surface area (Å²) < 4.78 is 0. The third kappa shape index (κ3) is 4.51. The van der Waals surface area contributed by atoms with Crippen LogP contribution in [0.5, 0.6) is 0 Å². The molecule has 1 rings (SSSR count). The van der Waals surface area contributed by atoms with Crippen LogP contribution in [0.25, 0.3) is 0 Å². The monoisotopic (exact) mass is 275 g/mol. The number of rotatable bonds is 6. The summed E-state index contributed by atoms with van der Waals surface area (Å²) in [6.07, 6.45) is 2.03. The highest BCUT2D eigenvalue weighted by Gasteiger charge is 2.14. The van der Waals surface area contributed by atoms with Gasteiger partial charge in [-0.15, -0.1) is 6.58 Å². The van der Waals surface area contributed by atoms with Crippen LogP contribution in [0.2, 0.25) is 0 Å². The summed E-state index contributed by atoms with van der Waals surface area (Å²) in [5.41, 5.74) is 7.26. The standard InChI is InChI=1S/C15H21N3O2/c1-4-7-13(16)15(20)17-14-9-6-5-8-12(14)10-18(3)11(2)19/h4-6,8-9,13H,1,7,10,16H2,2-3H3,(H,17,20). The number of carbonyl (C=O) groups is 2. The summed E-state index contributed by atoms with van der Waals surface area (Å²) in [6.45, 7) is 5.50. The maximum Gasteiger partial charge on any atom is 0.241 e. The van der Waals surface area contributed by atoms with Gasteiger partial charge in [-0.25, -0.2) is 0 Å². The van der Waals surface area contributed by atoms with Crippen molar-refractivity contribution in [2.24, 2.45) is 5.73 Å². The SMILES string of the molecule is C=CCC(N)C(=O)Nc1ccccc1CN(C)C(C)=O. The van der Waals surface area contributed by atoms with E-state index >= 15 is 0 Å². The molecular weight excluding hydrogens is 254 g/mol. The Morgan fingerprint density at radius 1 is 1.45 bits per heavy atom. The van der Waals surface area contributed by atoms with Crippen molar-refractivity contribution in [2.75, 3.05) is 12.4 Å². The molecule has 0 heterocycles. The van der Waals surface area contributed by atoms with Gasteiger partial charge in [-0.05, 0) is 18.1 Å². The van der Waals surface area contributed by atoms with E-state index in [2.05, 4.69) is 11.9 Å². The molecule has 2 amide bonds. The number of hydrogen-bond acceptors (Lipinski definition) is 3. The molecule has 0 aliphatic rings. The van der Waals surface area contributed by atoms with Gasteiger partial charge in [0.25, 0.3) is 0 Å². The van der Waals surface area contributed by atoms with Crippen molar-refractivity contribution in [1.82, 2.24) is 4.90 Å². The zero-order chi connectivity index (χ0) is 15.1. The third-order valence-electron chi connectivity index (χ3n) is 2.98. The van der Waals surface area contributed by atoms with Crippen molar-refractivity contribution in [3.05, 3.63) is 42.5 Å². The van der Waals surface area contributed by atoms with Gasteiger partial charge in [-0.3, -0.25) is 9.59 Å². The van der Waals surface area contributed by atoms with E-state index in [1.165, 1.54) is 6.92 Å². The Labute approximate surface area is 119 Å². The lowest BCUT2D eigenvalue weighted by molar-refractivity contribution is -0.128. The third-order valence-corrected chi connectivity index (χ3v) is 2.98. The average Bonchev–Trinajstić information content (AvgIpc) is 2.40. The van der Waals surface area contributed by atoms with Gasteiger partial charge in [0.15, 0.2) is 0 Å². The highest BCUT2D eigenvalue weighted by molar-refractivity contribution is 5.95. The lowest BCUT2D eigenvalue weighted by Gasteiger charge is -2.18. The number of hydrogen-bond donors (Lipinski definition) is 2. The fourth-order valence-electron chi connectivity index (χ4n) is 1.66. The molecule has 1 aromatic rings. The van der Waals surface area contributed by atoms with Crippen LogP contribution in [0.3, 0.4) is 0 Å². The van der Waals surface area contributed by atoms with Crippen molar-refractivity contribution in [3.63, 3.8) is 0 Å². The summed E-state index contributed by atoms with van der Waals surface area (Å²) >= 11 is 0. The van der Waals surface area contributed by atoms with E-state index in [0.29, 0.717) is 18.7 Å². The second-order valence-corrected chi connectivity index (χ2v) is 4.65. The van der Waals surface area contributed by atoms with Crippen LogP contribution in [0.4, 0.5) is 5.69 Å². The van der Waals surface area contributed by atoms with E-state index in [-0.39, 0.29) is 11.8 Å². The molecule has 0 spiro atoms. The van der Waals surface area contributed by atoms with Crippen LogP contribution < -0.4 is 11.1 Å². The molecule has 0 aromatic heterocycles. The highest BCUT2D eigenvalue weighted by atomic mass is 16.2. The Balaban J connectivity index is 2.82. The van der Waals surface area contributed by atoms with Crippen molar-refractivity contribution in [3.8, 4) is 0 Å². The summed E-state index contributed by atoms with van der Waals surface area (Å²) in [7, 11) is 1.71. The number of para-hydroxylation sites is 1. The second kappa shape index (κ2) is 7.45. The fourth-order valence-corrected chi connectivity index (χ4v) is 1.66. The molecule has 0 aliphatic carbocycles.